The van der Waals surface area contributed by atoms with Crippen molar-refractivity contribution >= 4 is 35.2 Å². The van der Waals surface area contributed by atoms with Gasteiger partial charge in [0.05, 0.1) is 11.6 Å². The van der Waals surface area contributed by atoms with Gasteiger partial charge in [-0.05, 0) is 74.9 Å². The van der Waals surface area contributed by atoms with Gasteiger partial charge in [-0.3, -0.25) is 14.4 Å². The summed E-state index contributed by atoms with van der Waals surface area (Å²) in [6.07, 6.45) is 8.17. The average Bonchev–Trinajstić information content (AvgIpc) is 3.29. The zero-order valence-corrected chi connectivity index (χ0v) is 26.0. The Kier molecular flexibility index (Phi) is 8.96. The van der Waals surface area contributed by atoms with E-state index in [1.807, 2.05) is 29.0 Å². The molecule has 2 aromatic rings. The van der Waals surface area contributed by atoms with E-state index < -0.39 is 53.1 Å². The van der Waals surface area contributed by atoms with Crippen molar-refractivity contribution in [2.75, 3.05) is 6.54 Å². The van der Waals surface area contributed by atoms with E-state index in [4.69, 9.17) is 4.74 Å². The summed E-state index contributed by atoms with van der Waals surface area (Å²) in [6, 6.07) is 0.743. The van der Waals surface area contributed by atoms with Crippen LogP contribution in [0.15, 0.2) is 46.0 Å². The number of hydrogen-bond acceptors (Lipinski definition) is 8. The predicted octanol–water partition coefficient (Wildman–Crippen LogP) is 3.49. The van der Waals surface area contributed by atoms with Crippen LogP contribution < -0.4 is 16.2 Å². The second-order valence-electron chi connectivity index (χ2n) is 12.7. The zero-order chi connectivity index (χ0) is 31.6. The summed E-state index contributed by atoms with van der Waals surface area (Å²) >= 11 is 1.46. The number of rotatable bonds is 4. The van der Waals surface area contributed by atoms with E-state index in [1.165, 1.54) is 27.1 Å². The van der Waals surface area contributed by atoms with E-state index in [1.54, 1.807) is 26.8 Å². The molecule has 12 nitrogen and oxygen atoms in total. The Bertz CT molecular complexity index is 1500. The van der Waals surface area contributed by atoms with Crippen LogP contribution in [0.1, 0.15) is 71.8 Å². The fourth-order valence-corrected chi connectivity index (χ4v) is 6.69. The normalized spacial score (nSPS) is 28.5. The van der Waals surface area contributed by atoms with Gasteiger partial charge in [0, 0.05) is 25.1 Å². The molecule has 2 fully saturated rings. The number of carbonyl (C=O) groups is 4. The molecule has 3 N–H and O–H groups in total. The molecular formula is C31H39N5O7S. The summed E-state index contributed by atoms with van der Waals surface area (Å²) in [5.74, 6) is -2.61. The lowest BCUT2D eigenvalue weighted by Crippen LogP contribution is -2.56. The molecule has 2 aliphatic heterocycles. The molecule has 0 aromatic carbocycles. The van der Waals surface area contributed by atoms with Gasteiger partial charge in [0.15, 0.2) is 0 Å². The van der Waals surface area contributed by atoms with Crippen molar-refractivity contribution < 1.29 is 29.0 Å². The fraction of sp³-hybridized carbons (Fsp3) is 0.548. The number of aliphatic carboxylic acids is 1. The Hall–Kier alpha value is -4.00. The third kappa shape index (κ3) is 6.72. The molecule has 2 aromatic heterocycles. The van der Waals surface area contributed by atoms with Crippen LogP contribution in [0.4, 0.5) is 4.79 Å². The molecule has 1 aliphatic carbocycles. The third-order valence-electron chi connectivity index (χ3n) is 8.38. The predicted molar refractivity (Wildman–Crippen MR) is 163 cm³/mol. The number of aromatic nitrogens is 2. The number of nitrogens with zero attached hydrogens (tertiary/aromatic N) is 3. The number of allylic oxidation sites excluding steroid dienone is 1. The van der Waals surface area contributed by atoms with E-state index in [2.05, 4.69) is 15.7 Å². The number of amides is 3. The number of carbonyl (C=O) groups excluding carboxylic acids is 3. The fourth-order valence-electron chi connectivity index (χ4n) is 6.03. The third-order valence-corrected chi connectivity index (χ3v) is 9.06. The van der Waals surface area contributed by atoms with Crippen molar-refractivity contribution in [2.24, 2.45) is 5.92 Å². The van der Waals surface area contributed by atoms with E-state index in [0.717, 1.165) is 24.8 Å². The second-order valence-corrected chi connectivity index (χ2v) is 13.5. The number of carboxylic acid groups (broad SMARTS) is 1. The van der Waals surface area contributed by atoms with Crippen LogP contribution in [0.5, 0.6) is 0 Å². The summed E-state index contributed by atoms with van der Waals surface area (Å²) in [5.41, 5.74) is -1.40. The summed E-state index contributed by atoms with van der Waals surface area (Å²) in [7, 11) is 0. The van der Waals surface area contributed by atoms with Crippen molar-refractivity contribution in [3.8, 4) is 11.1 Å². The Labute approximate surface area is 259 Å². The number of alkyl carbamates (subject to hydrolysis) is 1. The van der Waals surface area contributed by atoms with E-state index >= 15 is 0 Å². The van der Waals surface area contributed by atoms with Crippen molar-refractivity contribution in [3.63, 3.8) is 0 Å². The Balaban J connectivity index is 1.49. The van der Waals surface area contributed by atoms with Crippen molar-refractivity contribution in [1.82, 2.24) is 25.3 Å². The van der Waals surface area contributed by atoms with Gasteiger partial charge in [-0.2, -0.15) is 16.4 Å². The first kappa shape index (κ1) is 31.4. The van der Waals surface area contributed by atoms with Crippen LogP contribution in [0, 0.1) is 5.92 Å². The van der Waals surface area contributed by atoms with Crippen LogP contribution in [0.2, 0.25) is 0 Å². The minimum atomic E-state index is -1.46. The molecule has 13 heteroatoms. The molecule has 5 rings (SSSR count). The standard InChI is InChI=1S/C31H39N5O7S/c1-30(2,3)43-29(42)33-23-10-8-6-4-5-7-9-20-16-31(20,28(40)41)34-25(37)24-15-21(17-35(24)27(23)39)36-26(38)22(11-13-32-36)19-12-14-44-18-19/h7,9,11-14,18,20-21,23-24H,4-6,8,10,15-17H2,1-3H3,(H,33,42)(H,34,37)(H,40,41)/b9-7-/t20-,21-,23+,24+,31-/m1/s1. The molecule has 4 heterocycles. The van der Waals surface area contributed by atoms with Crippen LogP contribution in [-0.2, 0) is 19.1 Å². The molecule has 1 saturated carbocycles. The average molecular weight is 626 g/mol. The van der Waals surface area contributed by atoms with Crippen LogP contribution in [-0.4, -0.2) is 73.4 Å². The van der Waals surface area contributed by atoms with Gasteiger partial charge in [-0.15, -0.1) is 0 Å². The van der Waals surface area contributed by atoms with Gasteiger partial charge >= 0.3 is 12.1 Å². The molecule has 5 atom stereocenters. The van der Waals surface area contributed by atoms with Gasteiger partial charge in [0.1, 0.15) is 23.2 Å². The molecule has 0 radical (unpaired) electrons. The minimum absolute atomic E-state index is 0.0210. The first-order chi connectivity index (χ1) is 20.9. The van der Waals surface area contributed by atoms with Gasteiger partial charge in [0.25, 0.3) is 5.56 Å². The molecule has 1 saturated heterocycles. The molecule has 236 valence electrons. The van der Waals surface area contributed by atoms with Crippen LogP contribution in [0.25, 0.3) is 11.1 Å². The van der Waals surface area contributed by atoms with Crippen LogP contribution >= 0.6 is 11.3 Å². The maximum absolute atomic E-state index is 14.2. The molecule has 3 aliphatic rings. The van der Waals surface area contributed by atoms with E-state index in [-0.39, 0.29) is 30.9 Å². The summed E-state index contributed by atoms with van der Waals surface area (Å²) in [6.45, 7) is 5.15. The van der Waals surface area contributed by atoms with Gasteiger partial charge in [-0.25, -0.2) is 14.3 Å². The second kappa shape index (κ2) is 12.5. The highest BCUT2D eigenvalue weighted by atomic mass is 32.1. The maximum Gasteiger partial charge on any atom is 0.408 e. The van der Waals surface area contributed by atoms with Crippen molar-refractivity contribution in [2.45, 2.75) is 95.0 Å². The number of nitrogens with one attached hydrogen (secondary N) is 2. The molecule has 0 bridgehead atoms. The van der Waals surface area contributed by atoms with E-state index in [0.29, 0.717) is 18.4 Å². The molecule has 0 unspecified atom stereocenters. The topological polar surface area (TPSA) is 160 Å². The highest BCUT2D eigenvalue weighted by Crippen LogP contribution is 2.45. The van der Waals surface area contributed by atoms with Crippen LogP contribution in [0.3, 0.4) is 0 Å². The summed E-state index contributed by atoms with van der Waals surface area (Å²) in [4.78, 5) is 68.1. The lowest BCUT2D eigenvalue weighted by atomic mass is 10.0. The Morgan fingerprint density at radius 3 is 2.68 bits per heavy atom. The lowest BCUT2D eigenvalue weighted by Gasteiger charge is -2.30. The first-order valence-corrected chi connectivity index (χ1v) is 16.0. The van der Waals surface area contributed by atoms with Gasteiger partial charge < -0.3 is 25.4 Å². The molecule has 3 amide bonds. The van der Waals surface area contributed by atoms with E-state index in [9.17, 15) is 29.1 Å². The first-order valence-electron chi connectivity index (χ1n) is 15.0. The van der Waals surface area contributed by atoms with Gasteiger partial charge in [-0.1, -0.05) is 25.0 Å². The summed E-state index contributed by atoms with van der Waals surface area (Å²) in [5, 5.41) is 23.5. The van der Waals surface area contributed by atoms with Gasteiger partial charge in [0.2, 0.25) is 11.8 Å². The Morgan fingerprint density at radius 1 is 1.18 bits per heavy atom. The molecule has 0 spiro atoms. The largest absolute Gasteiger partial charge is 0.479 e. The number of fused-ring (bicyclic) bond motifs is 2. The number of thiophene rings is 1. The zero-order valence-electron chi connectivity index (χ0n) is 25.2. The highest BCUT2D eigenvalue weighted by Gasteiger charge is 2.61. The lowest BCUT2D eigenvalue weighted by molar-refractivity contribution is -0.145. The maximum atomic E-state index is 14.2. The highest BCUT2D eigenvalue weighted by molar-refractivity contribution is 7.08. The number of carboxylic acids is 1. The number of ether oxygens (including phenoxy) is 1. The SMILES string of the molecule is CC(C)(C)OC(=O)N[C@H]1CCCCC/C=C\[C@@H]2C[C@@]2(C(=O)O)NC(=O)[C@@H]2C[C@@H](n3nccc(-c4ccsc4)c3=O)CN2C1=O. The van der Waals surface area contributed by atoms with Crippen molar-refractivity contribution in [3.05, 3.63) is 51.6 Å². The molecule has 44 heavy (non-hydrogen) atoms. The monoisotopic (exact) mass is 625 g/mol. The quantitative estimate of drug-likeness (QED) is 0.436. The minimum Gasteiger partial charge on any atom is -0.479 e. The molecular weight excluding hydrogens is 586 g/mol. The smallest absolute Gasteiger partial charge is 0.408 e. The number of hydrogen-bond donors (Lipinski definition) is 3. The van der Waals surface area contributed by atoms with Crippen molar-refractivity contribution in [1.29, 1.82) is 0 Å². The summed E-state index contributed by atoms with van der Waals surface area (Å²) < 4.78 is 6.73. The Morgan fingerprint density at radius 2 is 1.98 bits per heavy atom.